The molecule has 0 N–H and O–H groups in total. The van der Waals surface area contributed by atoms with Crippen LogP contribution in [0.25, 0.3) is 0 Å². The summed E-state index contributed by atoms with van der Waals surface area (Å²) < 4.78 is 0. The monoisotopic (exact) mass is 434 g/mol. The Morgan fingerprint density at radius 2 is 1.35 bits per heavy atom. The summed E-state index contributed by atoms with van der Waals surface area (Å²) in [6.07, 6.45) is 16.2. The molecule has 0 amide bonds. The van der Waals surface area contributed by atoms with E-state index in [1.165, 1.54) is 70.6 Å². The van der Waals surface area contributed by atoms with Crippen molar-refractivity contribution in [2.75, 3.05) is 0 Å². The molecule has 2 rings (SSSR count). The Kier molecular flexibility index (Phi) is 14.1. The largest absolute Gasteiger partial charge is 0.0683 e. The Balaban J connectivity index is 0.00000233. The zero-order chi connectivity index (χ0) is 23.6. The molecule has 2 fully saturated rings. The average Bonchev–Trinajstić information content (AvgIpc) is 3.12. The molecular formula is C31H62. The van der Waals surface area contributed by atoms with Crippen molar-refractivity contribution >= 4 is 0 Å². The van der Waals surface area contributed by atoms with Gasteiger partial charge in [-0.2, -0.15) is 0 Å². The SMILES string of the molecule is CC.CCCC1CCC(C)C1CC(CC)CCCC(CC)CC(C)C1C(C)C(C)C1C. The minimum atomic E-state index is 0.928. The third kappa shape index (κ3) is 8.07. The van der Waals surface area contributed by atoms with Crippen LogP contribution in [0.3, 0.4) is 0 Å². The maximum absolute atomic E-state index is 2.57. The van der Waals surface area contributed by atoms with Crippen LogP contribution in [-0.2, 0) is 0 Å². The van der Waals surface area contributed by atoms with E-state index in [2.05, 4.69) is 55.4 Å². The zero-order valence-electron chi connectivity index (χ0n) is 23.6. The van der Waals surface area contributed by atoms with E-state index in [1.54, 1.807) is 0 Å². The molecule has 0 aromatic rings. The van der Waals surface area contributed by atoms with Crippen molar-refractivity contribution in [1.29, 1.82) is 0 Å². The van der Waals surface area contributed by atoms with Crippen LogP contribution in [0, 0.1) is 59.2 Å². The van der Waals surface area contributed by atoms with E-state index in [0.29, 0.717) is 0 Å². The molecule has 31 heavy (non-hydrogen) atoms. The molecular weight excluding hydrogens is 372 g/mol. The fourth-order valence-corrected chi connectivity index (χ4v) is 7.81. The summed E-state index contributed by atoms with van der Waals surface area (Å²) in [5.41, 5.74) is 0. The minimum Gasteiger partial charge on any atom is -0.0683 e. The Bertz CT molecular complexity index is 427. The lowest BCUT2D eigenvalue weighted by Gasteiger charge is -2.51. The molecule has 0 aliphatic heterocycles. The molecule has 0 nitrogen and oxygen atoms in total. The predicted octanol–water partition coefficient (Wildman–Crippen LogP) is 10.7. The van der Waals surface area contributed by atoms with Crippen LogP contribution in [0.4, 0.5) is 0 Å². The van der Waals surface area contributed by atoms with Crippen LogP contribution in [0.5, 0.6) is 0 Å². The van der Waals surface area contributed by atoms with Gasteiger partial charge in [-0.15, -0.1) is 0 Å². The third-order valence-corrected chi connectivity index (χ3v) is 10.2. The second-order valence-corrected chi connectivity index (χ2v) is 11.9. The van der Waals surface area contributed by atoms with Gasteiger partial charge in [-0.3, -0.25) is 0 Å². The van der Waals surface area contributed by atoms with Crippen molar-refractivity contribution in [3.8, 4) is 0 Å². The highest BCUT2D eigenvalue weighted by molar-refractivity contribution is 4.93. The van der Waals surface area contributed by atoms with Crippen molar-refractivity contribution in [2.45, 2.75) is 140 Å². The summed E-state index contributed by atoms with van der Waals surface area (Å²) in [6.45, 7) is 23.9. The molecule has 2 saturated carbocycles. The third-order valence-electron chi connectivity index (χ3n) is 10.2. The summed E-state index contributed by atoms with van der Waals surface area (Å²) in [6, 6.07) is 0. The van der Waals surface area contributed by atoms with Gasteiger partial charge in [0.2, 0.25) is 0 Å². The normalized spacial score (nSPS) is 35.6. The summed E-state index contributed by atoms with van der Waals surface area (Å²) in [4.78, 5) is 0. The summed E-state index contributed by atoms with van der Waals surface area (Å²) in [7, 11) is 0. The summed E-state index contributed by atoms with van der Waals surface area (Å²) in [5, 5.41) is 0. The second-order valence-electron chi connectivity index (χ2n) is 11.9. The van der Waals surface area contributed by atoms with Gasteiger partial charge in [0.05, 0.1) is 0 Å². The summed E-state index contributed by atoms with van der Waals surface area (Å²) >= 11 is 0. The Morgan fingerprint density at radius 1 is 0.774 bits per heavy atom. The first-order valence-corrected chi connectivity index (χ1v) is 14.8. The van der Waals surface area contributed by atoms with Gasteiger partial charge in [0.15, 0.2) is 0 Å². The first-order valence-electron chi connectivity index (χ1n) is 14.8. The Labute approximate surface area is 199 Å². The maximum atomic E-state index is 2.57. The maximum Gasteiger partial charge on any atom is -0.0332 e. The highest BCUT2D eigenvalue weighted by Crippen LogP contribution is 2.51. The molecule has 0 radical (unpaired) electrons. The fourth-order valence-electron chi connectivity index (χ4n) is 7.81. The Hall–Kier alpha value is 0. The lowest BCUT2D eigenvalue weighted by Crippen LogP contribution is -2.45. The first-order chi connectivity index (χ1) is 14.8. The van der Waals surface area contributed by atoms with Gasteiger partial charge in [-0.25, -0.2) is 0 Å². The van der Waals surface area contributed by atoms with Crippen LogP contribution in [0.15, 0.2) is 0 Å². The van der Waals surface area contributed by atoms with Crippen LogP contribution < -0.4 is 0 Å². The molecule has 0 bridgehead atoms. The van der Waals surface area contributed by atoms with E-state index in [4.69, 9.17) is 0 Å². The molecule has 0 heterocycles. The zero-order valence-corrected chi connectivity index (χ0v) is 23.6. The molecule has 0 spiro atoms. The van der Waals surface area contributed by atoms with Gasteiger partial charge in [0, 0.05) is 0 Å². The van der Waals surface area contributed by atoms with Crippen molar-refractivity contribution in [3.05, 3.63) is 0 Å². The molecule has 2 aliphatic carbocycles. The topological polar surface area (TPSA) is 0 Å². The molecule has 0 heteroatoms. The number of rotatable bonds is 13. The molecule has 0 aromatic carbocycles. The van der Waals surface area contributed by atoms with E-state index in [-0.39, 0.29) is 0 Å². The summed E-state index contributed by atoms with van der Waals surface area (Å²) in [5.74, 6) is 9.78. The van der Waals surface area contributed by atoms with Crippen molar-refractivity contribution in [3.63, 3.8) is 0 Å². The Morgan fingerprint density at radius 3 is 1.90 bits per heavy atom. The number of hydrogen-bond donors (Lipinski definition) is 0. The van der Waals surface area contributed by atoms with E-state index in [9.17, 15) is 0 Å². The van der Waals surface area contributed by atoms with Gasteiger partial charge in [0.25, 0.3) is 0 Å². The van der Waals surface area contributed by atoms with E-state index in [0.717, 1.165) is 59.2 Å². The van der Waals surface area contributed by atoms with E-state index < -0.39 is 0 Å². The highest BCUT2D eigenvalue weighted by Gasteiger charge is 2.44. The van der Waals surface area contributed by atoms with Crippen molar-refractivity contribution in [1.82, 2.24) is 0 Å². The van der Waals surface area contributed by atoms with Crippen molar-refractivity contribution in [2.24, 2.45) is 59.2 Å². The van der Waals surface area contributed by atoms with Crippen LogP contribution in [0.2, 0.25) is 0 Å². The molecule has 0 aromatic heterocycles. The molecule has 8 unspecified atom stereocenters. The van der Waals surface area contributed by atoms with Crippen LogP contribution >= 0.6 is 0 Å². The van der Waals surface area contributed by atoms with Gasteiger partial charge < -0.3 is 0 Å². The van der Waals surface area contributed by atoms with E-state index >= 15 is 0 Å². The molecule has 8 atom stereocenters. The lowest BCUT2D eigenvalue weighted by molar-refractivity contribution is -0.0298. The van der Waals surface area contributed by atoms with Gasteiger partial charge >= 0.3 is 0 Å². The smallest absolute Gasteiger partial charge is 0.0332 e. The average molecular weight is 435 g/mol. The highest BCUT2D eigenvalue weighted by atomic mass is 14.5. The fraction of sp³-hybridized carbons (Fsp3) is 1.00. The quantitative estimate of drug-likeness (QED) is 0.270. The number of hydrogen-bond acceptors (Lipinski definition) is 0. The van der Waals surface area contributed by atoms with Gasteiger partial charge in [-0.05, 0) is 78.4 Å². The second kappa shape index (κ2) is 15.0. The molecule has 2 aliphatic rings. The van der Waals surface area contributed by atoms with Gasteiger partial charge in [0.1, 0.15) is 0 Å². The first kappa shape index (κ1) is 29.0. The van der Waals surface area contributed by atoms with E-state index in [1.807, 2.05) is 13.8 Å². The molecule has 0 saturated heterocycles. The lowest BCUT2D eigenvalue weighted by atomic mass is 9.54. The standard InChI is InChI=1S/C29H56.C2H6/c1-9-13-27-17-16-20(4)28(27)19-26(11-3)15-12-14-25(10-2)18-21(5)29-23(7)22(6)24(29)8;1-2/h20-29H,9-19H2,1-8H3;1-2H3. The van der Waals surface area contributed by atoms with Crippen LogP contribution in [0.1, 0.15) is 140 Å². The predicted molar refractivity (Wildman–Crippen MR) is 142 cm³/mol. The van der Waals surface area contributed by atoms with Gasteiger partial charge in [-0.1, -0.05) is 121 Å². The minimum absolute atomic E-state index is 0.928. The molecule has 186 valence electrons. The van der Waals surface area contributed by atoms with Crippen molar-refractivity contribution < 1.29 is 0 Å². The van der Waals surface area contributed by atoms with Crippen LogP contribution in [-0.4, -0.2) is 0 Å².